The zero-order valence-electron chi connectivity index (χ0n) is 14.1. The van der Waals surface area contributed by atoms with E-state index >= 15 is 0 Å². The minimum absolute atomic E-state index is 0.0436. The molecule has 1 atom stereocenters. The van der Waals surface area contributed by atoms with Gasteiger partial charge in [0.15, 0.2) is 0 Å². The zero-order valence-corrected chi connectivity index (χ0v) is 14.9. The Morgan fingerprint density at radius 2 is 1.35 bits per heavy atom. The summed E-state index contributed by atoms with van der Waals surface area (Å²) in [6, 6.07) is -0.263. The smallest absolute Gasteiger partial charge is 0.239 e. The average Bonchev–Trinajstić information content (AvgIpc) is 2.53. The predicted octanol–water partition coefficient (Wildman–Crippen LogP) is -1.36. The lowest BCUT2D eigenvalue weighted by Crippen LogP contribution is -2.58. The number of amides is 2. The molecule has 0 bridgehead atoms. The summed E-state index contributed by atoms with van der Waals surface area (Å²) in [4.78, 5) is 29.5. The van der Waals surface area contributed by atoms with Gasteiger partial charge in [0, 0.05) is 59.3 Å². The van der Waals surface area contributed by atoms with Crippen LogP contribution >= 0.6 is 0 Å². The van der Waals surface area contributed by atoms with Crippen LogP contribution in [0.3, 0.4) is 0 Å². The van der Waals surface area contributed by atoms with Crippen LogP contribution in [0, 0.1) is 0 Å². The number of hydrogen-bond donors (Lipinski definition) is 0. The topological polar surface area (TPSA) is 81.2 Å². The quantitative estimate of drug-likeness (QED) is 0.631. The predicted molar refractivity (Wildman–Crippen MR) is 86.3 cm³/mol. The van der Waals surface area contributed by atoms with Gasteiger partial charge in [-0.2, -0.15) is 4.31 Å². The highest BCUT2D eigenvalue weighted by molar-refractivity contribution is 7.88. The van der Waals surface area contributed by atoms with Crippen LogP contribution in [0.15, 0.2) is 0 Å². The van der Waals surface area contributed by atoms with E-state index in [0.717, 1.165) is 0 Å². The molecule has 0 saturated carbocycles. The van der Waals surface area contributed by atoms with Crippen molar-refractivity contribution >= 4 is 21.8 Å². The van der Waals surface area contributed by atoms with Crippen LogP contribution in [0.25, 0.3) is 0 Å². The van der Waals surface area contributed by atoms with Crippen molar-refractivity contribution in [3.8, 4) is 0 Å². The van der Waals surface area contributed by atoms with Gasteiger partial charge in [-0.1, -0.05) is 0 Å². The van der Waals surface area contributed by atoms with Crippen LogP contribution in [0.5, 0.6) is 0 Å². The van der Waals surface area contributed by atoms with Crippen LogP contribution in [0.1, 0.15) is 13.8 Å². The number of carbonyl (C=O) groups is 2. The molecule has 9 heteroatoms. The third-order valence-corrected chi connectivity index (χ3v) is 5.99. The molecule has 2 rings (SSSR count). The van der Waals surface area contributed by atoms with E-state index in [9.17, 15) is 18.0 Å². The normalized spacial score (nSPS) is 22.9. The molecule has 0 N–H and O–H groups in total. The number of piperazine rings is 2. The van der Waals surface area contributed by atoms with Crippen molar-refractivity contribution in [3.05, 3.63) is 0 Å². The maximum Gasteiger partial charge on any atom is 0.239 e. The fraction of sp³-hybridized carbons (Fsp3) is 0.857. The highest BCUT2D eigenvalue weighted by Crippen LogP contribution is 2.12. The van der Waals surface area contributed by atoms with Crippen molar-refractivity contribution in [1.82, 2.24) is 19.0 Å². The van der Waals surface area contributed by atoms with Crippen molar-refractivity contribution in [1.29, 1.82) is 0 Å². The van der Waals surface area contributed by atoms with Crippen LogP contribution in [-0.2, 0) is 19.6 Å². The second-order valence-electron chi connectivity index (χ2n) is 6.21. The Bertz CT molecular complexity index is 549. The second-order valence-corrected chi connectivity index (χ2v) is 8.19. The average molecular weight is 346 g/mol. The summed E-state index contributed by atoms with van der Waals surface area (Å²) in [5, 5.41) is 0. The van der Waals surface area contributed by atoms with Crippen LogP contribution < -0.4 is 0 Å². The van der Waals surface area contributed by atoms with E-state index < -0.39 is 10.0 Å². The first-order chi connectivity index (χ1) is 10.7. The molecule has 0 radical (unpaired) electrons. The number of hydrogen-bond acceptors (Lipinski definition) is 5. The first-order valence-corrected chi connectivity index (χ1v) is 9.78. The minimum atomic E-state index is -3.16. The Morgan fingerprint density at radius 1 is 0.870 bits per heavy atom. The summed E-state index contributed by atoms with van der Waals surface area (Å²) in [6.07, 6.45) is 1.21. The Balaban J connectivity index is 1.85. The lowest BCUT2D eigenvalue weighted by molar-refractivity contribution is -0.142. The lowest BCUT2D eigenvalue weighted by Gasteiger charge is -2.40. The molecule has 8 nitrogen and oxygen atoms in total. The van der Waals surface area contributed by atoms with Gasteiger partial charge in [0.25, 0.3) is 0 Å². The van der Waals surface area contributed by atoms with Gasteiger partial charge in [0.2, 0.25) is 21.8 Å². The molecule has 0 aromatic carbocycles. The molecule has 2 heterocycles. The van der Waals surface area contributed by atoms with Crippen molar-refractivity contribution < 1.29 is 18.0 Å². The van der Waals surface area contributed by atoms with Crippen molar-refractivity contribution in [2.75, 3.05) is 58.6 Å². The third kappa shape index (κ3) is 4.42. The largest absolute Gasteiger partial charge is 0.339 e. The van der Waals surface area contributed by atoms with Gasteiger partial charge in [-0.05, 0) is 6.92 Å². The molecule has 23 heavy (non-hydrogen) atoms. The van der Waals surface area contributed by atoms with Crippen molar-refractivity contribution in [3.63, 3.8) is 0 Å². The van der Waals surface area contributed by atoms with E-state index in [4.69, 9.17) is 0 Å². The molecule has 0 unspecified atom stereocenters. The van der Waals surface area contributed by atoms with Gasteiger partial charge < -0.3 is 9.80 Å². The Labute approximate surface area is 138 Å². The van der Waals surface area contributed by atoms with Gasteiger partial charge in [0.1, 0.15) is 0 Å². The molecule has 0 aromatic rings. The summed E-state index contributed by atoms with van der Waals surface area (Å²) in [5.41, 5.74) is 0. The van der Waals surface area contributed by atoms with E-state index in [2.05, 4.69) is 0 Å². The van der Waals surface area contributed by atoms with E-state index in [1.165, 1.54) is 10.6 Å². The third-order valence-electron chi connectivity index (χ3n) is 4.68. The van der Waals surface area contributed by atoms with Crippen LogP contribution in [0.2, 0.25) is 0 Å². The van der Waals surface area contributed by atoms with E-state index in [0.29, 0.717) is 52.4 Å². The molecule has 2 saturated heterocycles. The molecule has 2 aliphatic heterocycles. The van der Waals surface area contributed by atoms with Gasteiger partial charge in [0.05, 0.1) is 12.3 Å². The van der Waals surface area contributed by atoms with E-state index in [1.54, 1.807) is 16.7 Å². The minimum Gasteiger partial charge on any atom is -0.339 e. The summed E-state index contributed by atoms with van der Waals surface area (Å²) in [5.74, 6) is 0.100. The molecular formula is C14H26N4O4S. The standard InChI is InChI=1S/C14H26N4O4S/c1-12(15-8-10-18(11-9-15)23(3,21)22)14(20)17-6-4-16(5-7-17)13(2)19/h12H,4-11H2,1-3H3/t12-/m0/s1. The Hall–Kier alpha value is -1.19. The fourth-order valence-corrected chi connectivity index (χ4v) is 3.91. The fourth-order valence-electron chi connectivity index (χ4n) is 3.08. The molecule has 0 spiro atoms. The number of carbonyl (C=O) groups excluding carboxylic acids is 2. The first-order valence-electron chi connectivity index (χ1n) is 7.93. The van der Waals surface area contributed by atoms with Gasteiger partial charge in [-0.25, -0.2) is 8.42 Å². The summed E-state index contributed by atoms with van der Waals surface area (Å²) >= 11 is 0. The maximum absolute atomic E-state index is 12.6. The van der Waals surface area contributed by atoms with E-state index in [1.807, 2.05) is 11.8 Å². The molecule has 2 aliphatic rings. The van der Waals surface area contributed by atoms with Crippen molar-refractivity contribution in [2.45, 2.75) is 19.9 Å². The second kappa shape index (κ2) is 7.14. The first kappa shape index (κ1) is 18.2. The SMILES string of the molecule is CC(=O)N1CCN(C(=O)[C@H](C)N2CCN(S(C)(=O)=O)CC2)CC1. The number of nitrogens with zero attached hydrogens (tertiary/aromatic N) is 4. The zero-order chi connectivity index (χ0) is 17.2. The molecule has 2 fully saturated rings. The monoisotopic (exact) mass is 346 g/mol. The van der Waals surface area contributed by atoms with Gasteiger partial charge in [-0.3, -0.25) is 14.5 Å². The Kier molecular flexibility index (Phi) is 5.64. The summed E-state index contributed by atoms with van der Waals surface area (Å²) in [7, 11) is -3.16. The number of rotatable bonds is 3. The van der Waals surface area contributed by atoms with Gasteiger partial charge in [-0.15, -0.1) is 0 Å². The lowest BCUT2D eigenvalue weighted by atomic mass is 10.2. The molecule has 132 valence electrons. The van der Waals surface area contributed by atoms with Crippen molar-refractivity contribution in [2.24, 2.45) is 0 Å². The summed E-state index contributed by atoms with van der Waals surface area (Å²) < 4.78 is 24.5. The maximum atomic E-state index is 12.6. The molecular weight excluding hydrogens is 320 g/mol. The molecule has 2 amide bonds. The van der Waals surface area contributed by atoms with Gasteiger partial charge >= 0.3 is 0 Å². The number of sulfonamides is 1. The summed E-state index contributed by atoms with van der Waals surface area (Å²) in [6.45, 7) is 7.67. The highest BCUT2D eigenvalue weighted by atomic mass is 32.2. The highest BCUT2D eigenvalue weighted by Gasteiger charge is 2.32. The van der Waals surface area contributed by atoms with Crippen LogP contribution in [0.4, 0.5) is 0 Å². The molecule has 0 aromatic heterocycles. The Morgan fingerprint density at radius 3 is 1.78 bits per heavy atom. The molecule has 0 aliphatic carbocycles. The van der Waals surface area contributed by atoms with Crippen LogP contribution in [-0.4, -0.2) is 104 Å². The van der Waals surface area contributed by atoms with E-state index in [-0.39, 0.29) is 17.9 Å².